The molecule has 1 atom stereocenters. The van der Waals surface area contributed by atoms with Gasteiger partial charge >= 0.3 is 6.03 Å². The second kappa shape index (κ2) is 7.59. The number of nitrogens with one attached hydrogen (secondary N) is 1. The van der Waals surface area contributed by atoms with E-state index in [4.69, 9.17) is 0 Å². The van der Waals surface area contributed by atoms with Gasteiger partial charge in [0.1, 0.15) is 5.82 Å². The minimum Gasteiger partial charge on any atom is -0.369 e. The summed E-state index contributed by atoms with van der Waals surface area (Å²) >= 11 is 0. The molecule has 2 fully saturated rings. The number of anilines is 2. The summed E-state index contributed by atoms with van der Waals surface area (Å²) in [5.41, 5.74) is 2.65. The lowest BCUT2D eigenvalue weighted by Crippen LogP contribution is -2.63. The molecule has 0 bridgehead atoms. The molecule has 0 spiro atoms. The summed E-state index contributed by atoms with van der Waals surface area (Å²) in [5.74, 6) is -0.442. The van der Waals surface area contributed by atoms with Gasteiger partial charge in [-0.25, -0.2) is 14.1 Å². The second-order valence-electron chi connectivity index (χ2n) is 7.23. The standard InChI is InChI=1S/C21H23FN4O2/c1-15-2-6-18(7-3-15)26-20(27)14-19(23-21(26)28)25-12-10-24(11-13-25)17-8-4-16(22)5-9-17/h2-9,19H,10-14H2,1H3,(H,23,28). The van der Waals surface area contributed by atoms with Crippen molar-refractivity contribution in [3.8, 4) is 0 Å². The molecule has 0 radical (unpaired) electrons. The lowest BCUT2D eigenvalue weighted by atomic mass is 10.1. The van der Waals surface area contributed by atoms with Crippen LogP contribution in [0.5, 0.6) is 0 Å². The summed E-state index contributed by atoms with van der Waals surface area (Å²) < 4.78 is 13.1. The van der Waals surface area contributed by atoms with Gasteiger partial charge in [0, 0.05) is 31.9 Å². The highest BCUT2D eigenvalue weighted by atomic mass is 19.1. The van der Waals surface area contributed by atoms with Crippen molar-refractivity contribution in [3.63, 3.8) is 0 Å². The average Bonchev–Trinajstić information content (AvgIpc) is 2.70. The first-order valence-corrected chi connectivity index (χ1v) is 9.46. The Morgan fingerprint density at radius 1 is 0.893 bits per heavy atom. The molecular formula is C21H23FN4O2. The van der Waals surface area contributed by atoms with Crippen molar-refractivity contribution in [1.29, 1.82) is 0 Å². The van der Waals surface area contributed by atoms with Crippen LogP contribution in [-0.2, 0) is 4.79 Å². The van der Waals surface area contributed by atoms with Crippen molar-refractivity contribution in [2.75, 3.05) is 36.0 Å². The number of carbonyl (C=O) groups excluding carboxylic acids is 2. The van der Waals surface area contributed by atoms with E-state index >= 15 is 0 Å². The molecule has 28 heavy (non-hydrogen) atoms. The zero-order valence-electron chi connectivity index (χ0n) is 15.8. The molecule has 0 aromatic heterocycles. The highest BCUT2D eigenvalue weighted by Crippen LogP contribution is 2.23. The molecule has 0 saturated carbocycles. The quantitative estimate of drug-likeness (QED) is 0.887. The summed E-state index contributed by atoms with van der Waals surface area (Å²) in [6.07, 6.45) is -0.0482. The van der Waals surface area contributed by atoms with Crippen LogP contribution in [0.15, 0.2) is 48.5 Å². The van der Waals surface area contributed by atoms with E-state index in [1.807, 2.05) is 19.1 Å². The fourth-order valence-electron chi connectivity index (χ4n) is 3.75. The van der Waals surface area contributed by atoms with Crippen molar-refractivity contribution < 1.29 is 14.0 Å². The number of hydrogen-bond donors (Lipinski definition) is 1. The van der Waals surface area contributed by atoms with Gasteiger partial charge < -0.3 is 10.2 Å². The zero-order valence-corrected chi connectivity index (χ0v) is 15.8. The van der Waals surface area contributed by atoms with Crippen LogP contribution in [0.1, 0.15) is 12.0 Å². The van der Waals surface area contributed by atoms with Crippen LogP contribution in [0.25, 0.3) is 0 Å². The number of carbonyl (C=O) groups is 2. The predicted octanol–water partition coefficient (Wildman–Crippen LogP) is 2.73. The van der Waals surface area contributed by atoms with Crippen LogP contribution in [0, 0.1) is 12.7 Å². The zero-order chi connectivity index (χ0) is 19.7. The van der Waals surface area contributed by atoms with E-state index in [-0.39, 0.29) is 30.3 Å². The van der Waals surface area contributed by atoms with Crippen LogP contribution in [0.4, 0.5) is 20.6 Å². The fraction of sp³-hybridized carbons (Fsp3) is 0.333. The molecule has 2 saturated heterocycles. The molecule has 146 valence electrons. The first kappa shape index (κ1) is 18.4. The number of imide groups is 1. The lowest BCUT2D eigenvalue weighted by molar-refractivity contribution is -0.120. The summed E-state index contributed by atoms with van der Waals surface area (Å²) in [7, 11) is 0. The molecule has 2 aliphatic heterocycles. The van der Waals surface area contributed by atoms with Gasteiger partial charge in [0.2, 0.25) is 5.91 Å². The van der Waals surface area contributed by atoms with E-state index in [1.54, 1.807) is 24.3 Å². The summed E-state index contributed by atoms with van der Waals surface area (Å²) in [6.45, 7) is 4.92. The summed E-state index contributed by atoms with van der Waals surface area (Å²) in [5, 5.41) is 2.97. The Labute approximate surface area is 163 Å². The third-order valence-corrected chi connectivity index (χ3v) is 5.35. The van der Waals surface area contributed by atoms with Gasteiger partial charge in [-0.15, -0.1) is 0 Å². The van der Waals surface area contributed by atoms with Gasteiger partial charge in [-0.3, -0.25) is 9.69 Å². The highest BCUT2D eigenvalue weighted by Gasteiger charge is 2.36. The Morgan fingerprint density at radius 2 is 1.50 bits per heavy atom. The van der Waals surface area contributed by atoms with Gasteiger partial charge in [0.15, 0.2) is 0 Å². The van der Waals surface area contributed by atoms with Crippen molar-refractivity contribution in [2.45, 2.75) is 19.5 Å². The van der Waals surface area contributed by atoms with Gasteiger partial charge in [0.25, 0.3) is 0 Å². The molecule has 0 aliphatic carbocycles. The van der Waals surface area contributed by atoms with E-state index < -0.39 is 0 Å². The number of benzene rings is 2. The normalized spacial score (nSPS) is 21.0. The Kier molecular flexibility index (Phi) is 5.00. The van der Waals surface area contributed by atoms with E-state index in [0.29, 0.717) is 5.69 Å². The molecule has 2 aromatic carbocycles. The van der Waals surface area contributed by atoms with Crippen LogP contribution < -0.4 is 15.1 Å². The minimum absolute atomic E-state index is 0.196. The molecule has 1 N–H and O–H groups in total. The van der Waals surface area contributed by atoms with E-state index in [2.05, 4.69) is 15.1 Å². The molecule has 2 aliphatic rings. The summed E-state index contributed by atoms with van der Waals surface area (Å²) in [4.78, 5) is 30.8. The smallest absolute Gasteiger partial charge is 0.329 e. The number of hydrogen-bond acceptors (Lipinski definition) is 4. The minimum atomic E-state index is -0.383. The number of urea groups is 1. The van der Waals surface area contributed by atoms with E-state index in [9.17, 15) is 14.0 Å². The van der Waals surface area contributed by atoms with E-state index in [0.717, 1.165) is 37.4 Å². The highest BCUT2D eigenvalue weighted by molar-refractivity contribution is 6.16. The van der Waals surface area contributed by atoms with Gasteiger partial charge in [-0.05, 0) is 43.3 Å². The average molecular weight is 382 g/mol. The predicted molar refractivity (Wildman–Crippen MR) is 106 cm³/mol. The van der Waals surface area contributed by atoms with Crippen molar-refractivity contribution in [3.05, 3.63) is 59.9 Å². The van der Waals surface area contributed by atoms with Crippen molar-refractivity contribution in [2.24, 2.45) is 0 Å². The number of rotatable bonds is 3. The van der Waals surface area contributed by atoms with Crippen LogP contribution in [-0.4, -0.2) is 49.2 Å². The van der Waals surface area contributed by atoms with Crippen LogP contribution >= 0.6 is 0 Å². The first-order valence-electron chi connectivity index (χ1n) is 9.46. The molecule has 6 nitrogen and oxygen atoms in total. The Hall–Kier alpha value is -2.93. The molecule has 2 heterocycles. The van der Waals surface area contributed by atoms with Gasteiger partial charge in [-0.1, -0.05) is 17.7 Å². The summed E-state index contributed by atoms with van der Waals surface area (Å²) in [6, 6.07) is 13.4. The Balaban J connectivity index is 1.38. The fourth-order valence-corrected chi connectivity index (χ4v) is 3.75. The van der Waals surface area contributed by atoms with Crippen molar-refractivity contribution in [1.82, 2.24) is 10.2 Å². The topological polar surface area (TPSA) is 55.9 Å². The van der Waals surface area contributed by atoms with Crippen LogP contribution in [0.3, 0.4) is 0 Å². The number of halogens is 1. The van der Waals surface area contributed by atoms with Gasteiger partial charge in [0.05, 0.1) is 18.3 Å². The number of amides is 3. The Bertz CT molecular complexity index is 843. The number of aryl methyl sites for hydroxylation is 1. The maximum Gasteiger partial charge on any atom is 0.329 e. The largest absolute Gasteiger partial charge is 0.369 e. The molecule has 7 heteroatoms. The first-order chi connectivity index (χ1) is 13.5. The third kappa shape index (κ3) is 3.71. The lowest BCUT2D eigenvalue weighted by Gasteiger charge is -2.42. The monoisotopic (exact) mass is 382 g/mol. The SMILES string of the molecule is Cc1ccc(N2C(=O)CC(N3CCN(c4ccc(F)cc4)CC3)NC2=O)cc1. The second-order valence-corrected chi connectivity index (χ2v) is 7.23. The molecule has 1 unspecified atom stereocenters. The van der Waals surface area contributed by atoms with Crippen LogP contribution in [0.2, 0.25) is 0 Å². The Morgan fingerprint density at radius 3 is 2.11 bits per heavy atom. The van der Waals surface area contributed by atoms with Crippen molar-refractivity contribution >= 4 is 23.3 Å². The molecule has 4 rings (SSSR count). The third-order valence-electron chi connectivity index (χ3n) is 5.35. The van der Waals surface area contributed by atoms with E-state index in [1.165, 1.54) is 17.0 Å². The molecule has 2 aromatic rings. The van der Waals surface area contributed by atoms with Gasteiger partial charge in [-0.2, -0.15) is 0 Å². The maximum atomic E-state index is 13.1. The molecular weight excluding hydrogens is 359 g/mol. The maximum absolute atomic E-state index is 13.1. The number of nitrogens with zero attached hydrogens (tertiary/aromatic N) is 3. The number of piperazine rings is 1. The molecule has 3 amide bonds.